The number of rotatable bonds is 2. The molecule has 230 valence electrons. The van der Waals surface area contributed by atoms with Crippen LogP contribution in [0.3, 0.4) is 0 Å². The molecule has 0 amide bonds. The summed E-state index contributed by atoms with van der Waals surface area (Å²) in [6.07, 6.45) is 0.887. The number of thiol groups is 2. The van der Waals surface area contributed by atoms with Crippen molar-refractivity contribution in [1.29, 1.82) is 0 Å². The van der Waals surface area contributed by atoms with Gasteiger partial charge in [-0.25, -0.2) is 38.9 Å². The smallest absolute Gasteiger partial charge is 0.382 e. The lowest BCUT2D eigenvalue weighted by molar-refractivity contribution is -0.0388. The van der Waals surface area contributed by atoms with E-state index in [4.69, 9.17) is 29.8 Å². The van der Waals surface area contributed by atoms with Crippen LogP contribution in [0.2, 0.25) is 0 Å². The standard InChI is InChI=1S/C22H27FN10O6P2S2/c23-14-17-13(38-22(14)33-9-31-16-19(25)27-7-29-21(16)33)5-36-40(34,42)2-1-11-10(4-37-41(35,43)39-17)3-12(11)32-8-30-15-18(24)26-6-28-20(15)32/h6-14,17,22H,1-5H2,(H,34,42)(H,35,43)(H2,24,26,28)(H2,25,27,29)/t10-,11-,12-,13-,14-,17-,22-,40?,41?/m1/s1. The van der Waals surface area contributed by atoms with E-state index >= 15 is 4.39 Å². The van der Waals surface area contributed by atoms with Gasteiger partial charge in [-0.2, -0.15) is 0 Å². The summed E-state index contributed by atoms with van der Waals surface area (Å²) in [5.41, 5.74) is 13.4. The number of nitrogens with two attached hydrogens (primary N) is 2. The van der Waals surface area contributed by atoms with Gasteiger partial charge >= 0.3 is 6.80 Å². The number of hydrogen-bond acceptors (Lipinski definition) is 14. The molecular weight excluding hydrogens is 645 g/mol. The fourth-order valence-electron chi connectivity index (χ4n) is 6.01. The quantitative estimate of drug-likeness (QED) is 0.178. The third kappa shape index (κ3) is 5.33. The molecule has 2 saturated heterocycles. The van der Waals surface area contributed by atoms with Gasteiger partial charge in [-0.05, 0) is 24.7 Å². The number of ether oxygens (including phenoxy) is 1. The minimum atomic E-state index is -4.10. The lowest BCUT2D eigenvalue weighted by Crippen LogP contribution is -2.41. The highest BCUT2D eigenvalue weighted by Crippen LogP contribution is 2.61. The van der Waals surface area contributed by atoms with Crippen molar-refractivity contribution in [2.75, 3.05) is 30.8 Å². The summed E-state index contributed by atoms with van der Waals surface area (Å²) >= 11 is 8.50. The molecule has 6 heterocycles. The summed E-state index contributed by atoms with van der Waals surface area (Å²) in [5, 5.41) is 0. The second-order valence-electron chi connectivity index (χ2n) is 10.7. The molecule has 0 aromatic carbocycles. The Morgan fingerprint density at radius 1 is 0.907 bits per heavy atom. The zero-order valence-electron chi connectivity index (χ0n) is 22.2. The molecule has 4 aromatic heterocycles. The molecule has 16 nitrogen and oxygen atoms in total. The normalized spacial score (nSPS) is 37.1. The number of halogens is 1. The number of fused-ring (bicyclic) bond motifs is 4. The molecule has 21 heteroatoms. The molecule has 0 spiro atoms. The van der Waals surface area contributed by atoms with Crippen molar-refractivity contribution in [3.05, 3.63) is 25.3 Å². The van der Waals surface area contributed by atoms with Gasteiger partial charge in [0.1, 0.15) is 35.9 Å². The molecule has 4 N–H and O–H groups in total. The van der Waals surface area contributed by atoms with Crippen molar-refractivity contribution in [3.63, 3.8) is 0 Å². The molecule has 0 radical (unpaired) electrons. The maximum absolute atomic E-state index is 16.0. The van der Waals surface area contributed by atoms with E-state index in [9.17, 15) is 9.13 Å². The Balaban J connectivity index is 1.14. The Bertz CT molecular complexity index is 1800. The highest BCUT2D eigenvalue weighted by molar-refractivity contribution is 8.46. The van der Waals surface area contributed by atoms with Crippen LogP contribution in [-0.4, -0.2) is 76.8 Å². The molecule has 7 rings (SSSR count). The molecule has 3 aliphatic rings. The first-order chi connectivity index (χ1) is 20.5. The van der Waals surface area contributed by atoms with Crippen LogP contribution in [-0.2, 0) is 27.4 Å². The number of hydrogen-bond donors (Lipinski definition) is 4. The number of alkyl halides is 1. The second kappa shape index (κ2) is 10.9. The molecule has 3 fully saturated rings. The lowest BCUT2D eigenvalue weighted by Gasteiger charge is -2.45. The molecule has 1 saturated carbocycles. The summed E-state index contributed by atoms with van der Waals surface area (Å²) in [5.74, 6) is 0.161. The van der Waals surface area contributed by atoms with Crippen molar-refractivity contribution in [2.24, 2.45) is 11.8 Å². The highest BCUT2D eigenvalue weighted by atomic mass is 32.7. The first-order valence-corrected chi connectivity index (χ1v) is 18.9. The summed E-state index contributed by atoms with van der Waals surface area (Å²) in [6, 6.07) is -0.0897. The fraction of sp³-hybridized carbons (Fsp3) is 0.545. The summed E-state index contributed by atoms with van der Waals surface area (Å²) in [6.45, 7) is -7.95. The van der Waals surface area contributed by atoms with Crippen LogP contribution >= 0.6 is 37.9 Å². The van der Waals surface area contributed by atoms with Gasteiger partial charge in [0.2, 0.25) is 0 Å². The Hall–Kier alpha value is -2.37. The molecule has 9 atom stereocenters. The van der Waals surface area contributed by atoms with Crippen LogP contribution in [0.4, 0.5) is 16.0 Å². The minimum absolute atomic E-state index is 0.00437. The largest absolute Gasteiger partial charge is 0.386 e. The average molecular weight is 673 g/mol. The van der Waals surface area contributed by atoms with Crippen molar-refractivity contribution < 1.29 is 31.8 Å². The van der Waals surface area contributed by atoms with Crippen molar-refractivity contribution >= 4 is 71.8 Å². The Kier molecular flexibility index (Phi) is 7.44. The molecular formula is C22H27FN10O6P2S2. The van der Waals surface area contributed by atoms with Gasteiger partial charge in [-0.3, -0.25) is 13.7 Å². The molecule has 2 aliphatic heterocycles. The van der Waals surface area contributed by atoms with Crippen LogP contribution in [0, 0.1) is 11.8 Å². The van der Waals surface area contributed by atoms with Gasteiger partial charge in [-0.15, -0.1) is 0 Å². The maximum atomic E-state index is 16.0. The number of aromatic nitrogens is 8. The fourth-order valence-corrected chi connectivity index (χ4v) is 9.21. The summed E-state index contributed by atoms with van der Waals surface area (Å²) in [4.78, 5) is 24.9. The van der Waals surface area contributed by atoms with Gasteiger partial charge in [0.05, 0.1) is 25.9 Å². The average Bonchev–Trinajstić information content (AvgIpc) is 3.64. The topological polar surface area (TPSA) is 210 Å². The van der Waals surface area contributed by atoms with E-state index in [0.717, 1.165) is 0 Å². The predicted molar refractivity (Wildman–Crippen MR) is 158 cm³/mol. The lowest BCUT2D eigenvalue weighted by atomic mass is 9.68. The Morgan fingerprint density at radius 3 is 2.26 bits per heavy atom. The third-order valence-electron chi connectivity index (χ3n) is 8.21. The molecule has 1 aliphatic carbocycles. The van der Waals surface area contributed by atoms with E-state index in [-0.39, 0.29) is 60.1 Å². The molecule has 43 heavy (non-hydrogen) atoms. The Labute approximate surface area is 253 Å². The Morgan fingerprint density at radius 2 is 1.56 bits per heavy atom. The number of anilines is 2. The zero-order chi connectivity index (χ0) is 30.1. The maximum Gasteiger partial charge on any atom is 0.386 e. The van der Waals surface area contributed by atoms with Crippen LogP contribution in [0.15, 0.2) is 25.3 Å². The SMILES string of the molecule is Nc1ncnc2c1ncn2[C@@H]1C[C@@H]2COP(=O)(S)O[C@H]3[C@@H](F)[C@H](n4cnc5c(N)ncnc54)O[C@@H]3COP(=O)(S)CC[C@H]21. The summed E-state index contributed by atoms with van der Waals surface area (Å²) in [7, 11) is 0. The number of imidazole rings is 2. The van der Waals surface area contributed by atoms with Crippen molar-refractivity contribution in [2.45, 2.75) is 43.5 Å². The van der Waals surface area contributed by atoms with E-state index in [1.807, 2.05) is 4.57 Å². The van der Waals surface area contributed by atoms with Crippen molar-refractivity contribution in [1.82, 2.24) is 39.0 Å². The predicted octanol–water partition coefficient (Wildman–Crippen LogP) is 3.23. The van der Waals surface area contributed by atoms with Crippen LogP contribution < -0.4 is 11.5 Å². The summed E-state index contributed by atoms with van der Waals surface area (Å²) < 4.78 is 69.2. The van der Waals surface area contributed by atoms with E-state index in [2.05, 4.69) is 54.4 Å². The third-order valence-corrected chi connectivity index (χ3v) is 12.1. The minimum Gasteiger partial charge on any atom is -0.382 e. The van der Waals surface area contributed by atoms with Gasteiger partial charge in [0, 0.05) is 12.2 Å². The highest BCUT2D eigenvalue weighted by Gasteiger charge is 2.52. The molecule has 4 aromatic rings. The van der Waals surface area contributed by atoms with Gasteiger partial charge in [-0.1, -0.05) is 24.5 Å². The first-order valence-electron chi connectivity index (χ1n) is 13.3. The van der Waals surface area contributed by atoms with Crippen LogP contribution in [0.25, 0.3) is 22.3 Å². The van der Waals surface area contributed by atoms with Gasteiger partial charge < -0.3 is 29.8 Å². The molecule has 2 unspecified atom stereocenters. The van der Waals surface area contributed by atoms with Crippen LogP contribution in [0.5, 0.6) is 0 Å². The van der Waals surface area contributed by atoms with Crippen molar-refractivity contribution in [3.8, 4) is 0 Å². The van der Waals surface area contributed by atoms with Gasteiger partial charge in [0.15, 0.2) is 35.3 Å². The van der Waals surface area contributed by atoms with Crippen LogP contribution in [0.1, 0.15) is 25.1 Å². The van der Waals surface area contributed by atoms with E-state index < -0.39 is 38.0 Å². The monoisotopic (exact) mass is 672 g/mol. The zero-order valence-corrected chi connectivity index (χ0v) is 25.8. The first kappa shape index (κ1) is 29.3. The van der Waals surface area contributed by atoms with Gasteiger partial charge in [0.25, 0.3) is 6.57 Å². The number of nitrogen functional groups attached to an aromatic ring is 2. The van der Waals surface area contributed by atoms with E-state index in [1.165, 1.54) is 23.5 Å². The van der Waals surface area contributed by atoms with E-state index in [0.29, 0.717) is 24.0 Å². The number of nitrogens with zero attached hydrogens (tertiary/aromatic N) is 8. The second-order valence-corrected chi connectivity index (χ2v) is 17.4. The van der Waals surface area contributed by atoms with E-state index in [1.54, 1.807) is 6.33 Å². The molecule has 0 bridgehead atoms.